The van der Waals surface area contributed by atoms with E-state index in [9.17, 15) is 9.59 Å². The van der Waals surface area contributed by atoms with Crippen molar-refractivity contribution >= 4 is 11.8 Å². The third-order valence-electron chi connectivity index (χ3n) is 3.22. The van der Waals surface area contributed by atoms with Crippen LogP contribution >= 0.6 is 0 Å². The Bertz CT molecular complexity index is 534. The van der Waals surface area contributed by atoms with Crippen molar-refractivity contribution in [1.82, 2.24) is 10.6 Å². The Morgan fingerprint density at radius 1 is 1.09 bits per heavy atom. The number of nitrogens with one attached hydrogen (secondary N) is 2. The van der Waals surface area contributed by atoms with Gasteiger partial charge in [0.05, 0.1) is 21.3 Å². The van der Waals surface area contributed by atoms with Gasteiger partial charge in [0.2, 0.25) is 11.7 Å². The van der Waals surface area contributed by atoms with Crippen molar-refractivity contribution in [3.63, 3.8) is 0 Å². The average molecular weight is 324 g/mol. The fourth-order valence-electron chi connectivity index (χ4n) is 1.96. The molecule has 23 heavy (non-hydrogen) atoms. The molecule has 2 amide bonds. The average Bonchev–Trinajstić information content (AvgIpc) is 2.57. The molecule has 0 aliphatic rings. The van der Waals surface area contributed by atoms with Crippen LogP contribution in [0.5, 0.6) is 17.2 Å². The molecule has 0 heterocycles. The highest BCUT2D eigenvalue weighted by Gasteiger charge is 2.20. The monoisotopic (exact) mass is 324 g/mol. The van der Waals surface area contributed by atoms with Gasteiger partial charge in [0.1, 0.15) is 6.04 Å². The highest BCUT2D eigenvalue weighted by Crippen LogP contribution is 2.38. The van der Waals surface area contributed by atoms with Crippen LogP contribution in [0.4, 0.5) is 0 Å². The van der Waals surface area contributed by atoms with E-state index < -0.39 is 11.9 Å². The molecule has 0 saturated heterocycles. The van der Waals surface area contributed by atoms with E-state index in [-0.39, 0.29) is 5.91 Å². The van der Waals surface area contributed by atoms with E-state index in [1.54, 1.807) is 6.92 Å². The molecule has 0 spiro atoms. The molecule has 0 saturated carbocycles. The lowest BCUT2D eigenvalue weighted by Gasteiger charge is -2.16. The minimum absolute atomic E-state index is 0.229. The molecule has 7 heteroatoms. The second kappa shape index (κ2) is 8.87. The first-order chi connectivity index (χ1) is 11.0. The molecule has 0 aliphatic heterocycles. The van der Waals surface area contributed by atoms with Gasteiger partial charge in [0.15, 0.2) is 11.5 Å². The Balaban J connectivity index is 2.93. The Morgan fingerprint density at radius 3 is 2.09 bits per heavy atom. The number of carbonyl (C=O) groups excluding carboxylic acids is 2. The summed E-state index contributed by atoms with van der Waals surface area (Å²) in [5, 5.41) is 5.37. The van der Waals surface area contributed by atoms with E-state index in [1.807, 2.05) is 6.92 Å². The molecular weight excluding hydrogens is 300 g/mol. The van der Waals surface area contributed by atoms with Crippen molar-refractivity contribution in [2.75, 3.05) is 27.9 Å². The summed E-state index contributed by atoms with van der Waals surface area (Å²) in [5.74, 6) is 0.525. The van der Waals surface area contributed by atoms with Gasteiger partial charge >= 0.3 is 0 Å². The predicted molar refractivity (Wildman–Crippen MR) is 86.3 cm³/mol. The number of amides is 2. The lowest BCUT2D eigenvalue weighted by atomic mass is 10.1. The SMILES string of the molecule is CCCNC(=O)[C@H](C)NC(=O)c1cc(OC)c(OC)c(OC)c1. The van der Waals surface area contributed by atoms with Crippen molar-refractivity contribution in [3.8, 4) is 17.2 Å². The third kappa shape index (κ3) is 4.77. The molecule has 0 aliphatic carbocycles. The van der Waals surface area contributed by atoms with Crippen LogP contribution in [-0.2, 0) is 4.79 Å². The van der Waals surface area contributed by atoms with E-state index >= 15 is 0 Å². The summed E-state index contributed by atoms with van der Waals surface area (Å²) in [5.41, 5.74) is 0.314. The summed E-state index contributed by atoms with van der Waals surface area (Å²) in [6, 6.07) is 2.42. The highest BCUT2D eigenvalue weighted by molar-refractivity contribution is 5.98. The smallest absolute Gasteiger partial charge is 0.252 e. The number of rotatable bonds is 8. The van der Waals surface area contributed by atoms with Crippen molar-refractivity contribution in [2.45, 2.75) is 26.3 Å². The van der Waals surface area contributed by atoms with E-state index in [1.165, 1.54) is 33.5 Å². The first kappa shape index (κ1) is 18.6. The number of methoxy groups -OCH3 is 3. The Morgan fingerprint density at radius 2 is 1.65 bits per heavy atom. The summed E-state index contributed by atoms with van der Waals surface area (Å²) in [7, 11) is 4.43. The summed E-state index contributed by atoms with van der Waals surface area (Å²) in [4.78, 5) is 24.1. The third-order valence-corrected chi connectivity index (χ3v) is 3.22. The molecule has 2 N–H and O–H groups in total. The Kier molecular flexibility index (Phi) is 7.18. The first-order valence-corrected chi connectivity index (χ1v) is 7.37. The van der Waals surface area contributed by atoms with E-state index in [0.717, 1.165) is 6.42 Å². The molecule has 128 valence electrons. The van der Waals surface area contributed by atoms with Gasteiger partial charge in [-0.1, -0.05) is 6.92 Å². The van der Waals surface area contributed by atoms with Crippen LogP contribution in [0.15, 0.2) is 12.1 Å². The molecule has 1 atom stereocenters. The Hall–Kier alpha value is -2.44. The van der Waals surface area contributed by atoms with Gasteiger partial charge in [0, 0.05) is 12.1 Å². The van der Waals surface area contributed by atoms with Crippen LogP contribution in [0.3, 0.4) is 0 Å². The normalized spacial score (nSPS) is 11.3. The molecule has 7 nitrogen and oxygen atoms in total. The maximum Gasteiger partial charge on any atom is 0.252 e. The predicted octanol–water partition coefficient (Wildman–Crippen LogP) is 1.36. The summed E-state index contributed by atoms with van der Waals surface area (Å²) >= 11 is 0. The summed E-state index contributed by atoms with van der Waals surface area (Å²) in [6.07, 6.45) is 0.833. The van der Waals surface area contributed by atoms with Crippen molar-refractivity contribution in [3.05, 3.63) is 17.7 Å². The fraction of sp³-hybridized carbons (Fsp3) is 0.500. The summed E-state index contributed by atoms with van der Waals surface area (Å²) in [6.45, 7) is 4.16. The summed E-state index contributed by atoms with van der Waals surface area (Å²) < 4.78 is 15.6. The fourth-order valence-corrected chi connectivity index (χ4v) is 1.96. The standard InChI is InChI=1S/C16H24N2O5/c1-6-7-17-15(19)10(2)18-16(20)11-8-12(21-3)14(23-5)13(9-11)22-4/h8-10H,6-7H2,1-5H3,(H,17,19)(H,18,20)/t10-/m0/s1. The molecule has 1 aromatic rings. The van der Waals surface area contributed by atoms with Gasteiger partial charge in [-0.15, -0.1) is 0 Å². The first-order valence-electron chi connectivity index (χ1n) is 7.37. The van der Waals surface area contributed by atoms with Crippen molar-refractivity contribution < 1.29 is 23.8 Å². The minimum atomic E-state index is -0.645. The van der Waals surface area contributed by atoms with Crippen LogP contribution < -0.4 is 24.8 Å². The zero-order valence-electron chi connectivity index (χ0n) is 14.2. The number of carbonyl (C=O) groups is 2. The molecule has 1 rings (SSSR count). The molecular formula is C16H24N2O5. The maximum atomic E-state index is 12.3. The molecule has 0 bridgehead atoms. The molecule has 0 unspecified atom stereocenters. The zero-order valence-corrected chi connectivity index (χ0v) is 14.2. The van der Waals surface area contributed by atoms with Gasteiger partial charge in [-0.3, -0.25) is 9.59 Å². The lowest BCUT2D eigenvalue weighted by Crippen LogP contribution is -2.45. The van der Waals surface area contributed by atoms with Crippen LogP contribution in [0.2, 0.25) is 0 Å². The molecule has 0 radical (unpaired) electrons. The van der Waals surface area contributed by atoms with Gasteiger partial charge in [0.25, 0.3) is 5.91 Å². The molecule has 0 fully saturated rings. The van der Waals surface area contributed by atoms with Gasteiger partial charge in [-0.25, -0.2) is 0 Å². The quantitative estimate of drug-likeness (QED) is 0.754. The van der Waals surface area contributed by atoms with Crippen LogP contribution in [0, 0.1) is 0 Å². The highest BCUT2D eigenvalue weighted by atomic mass is 16.5. The number of hydrogen-bond donors (Lipinski definition) is 2. The van der Waals surface area contributed by atoms with Gasteiger partial charge < -0.3 is 24.8 Å². The van der Waals surface area contributed by atoms with Gasteiger partial charge in [-0.05, 0) is 25.5 Å². The van der Waals surface area contributed by atoms with Crippen molar-refractivity contribution in [2.24, 2.45) is 0 Å². The number of benzene rings is 1. The second-order valence-corrected chi connectivity index (χ2v) is 4.90. The van der Waals surface area contributed by atoms with Crippen molar-refractivity contribution in [1.29, 1.82) is 0 Å². The Labute approximate surface area is 136 Å². The van der Waals surface area contributed by atoms with E-state index in [4.69, 9.17) is 14.2 Å². The molecule has 0 aromatic heterocycles. The van der Waals surface area contributed by atoms with Crippen LogP contribution in [0.1, 0.15) is 30.6 Å². The lowest BCUT2D eigenvalue weighted by molar-refractivity contribution is -0.122. The molecule has 1 aromatic carbocycles. The van der Waals surface area contributed by atoms with Crippen LogP contribution in [0.25, 0.3) is 0 Å². The largest absolute Gasteiger partial charge is 0.493 e. The number of hydrogen-bond acceptors (Lipinski definition) is 5. The van der Waals surface area contributed by atoms with E-state index in [2.05, 4.69) is 10.6 Å². The second-order valence-electron chi connectivity index (χ2n) is 4.90. The maximum absolute atomic E-state index is 12.3. The number of ether oxygens (including phenoxy) is 3. The minimum Gasteiger partial charge on any atom is -0.493 e. The zero-order chi connectivity index (χ0) is 17.4. The van der Waals surface area contributed by atoms with Crippen LogP contribution in [-0.4, -0.2) is 45.7 Å². The van der Waals surface area contributed by atoms with Gasteiger partial charge in [-0.2, -0.15) is 0 Å². The topological polar surface area (TPSA) is 85.9 Å². The van der Waals surface area contributed by atoms with E-state index in [0.29, 0.717) is 29.4 Å².